The summed E-state index contributed by atoms with van der Waals surface area (Å²) in [6.45, 7) is 0. The topological polar surface area (TPSA) is 122 Å². The third kappa shape index (κ3) is 4.08. The van der Waals surface area contributed by atoms with Crippen LogP contribution in [0.25, 0.3) is 11.4 Å². The fraction of sp³-hybridized carbons (Fsp3) is 0. The van der Waals surface area contributed by atoms with E-state index in [1.807, 2.05) is 12.1 Å². The normalized spacial score (nSPS) is 14.1. The minimum absolute atomic E-state index is 0.0248. The van der Waals surface area contributed by atoms with Gasteiger partial charge in [0.2, 0.25) is 0 Å². The van der Waals surface area contributed by atoms with Crippen molar-refractivity contribution >= 4 is 35.0 Å². The molecule has 8 nitrogen and oxygen atoms in total. The molecule has 0 unspecified atom stereocenters. The molecule has 0 fully saturated rings. The molecule has 0 radical (unpaired) electrons. The Hall–Kier alpha value is -6.38. The van der Waals surface area contributed by atoms with Gasteiger partial charge in [-0.1, -0.05) is 60.7 Å². The molecule has 0 aliphatic carbocycles. The highest BCUT2D eigenvalue weighted by Crippen LogP contribution is 2.47. The van der Waals surface area contributed by atoms with E-state index in [1.165, 1.54) is 12.1 Å². The summed E-state index contributed by atoms with van der Waals surface area (Å²) in [7, 11) is 0. The number of carbonyl (C=O) groups excluding carboxylic acids is 4. The van der Waals surface area contributed by atoms with E-state index in [2.05, 4.69) is 0 Å². The van der Waals surface area contributed by atoms with Crippen molar-refractivity contribution in [2.45, 2.75) is 0 Å². The van der Waals surface area contributed by atoms with Crippen molar-refractivity contribution in [1.29, 1.82) is 10.5 Å². The van der Waals surface area contributed by atoms with E-state index < -0.39 is 23.6 Å². The fourth-order valence-electron chi connectivity index (χ4n) is 5.13. The quantitative estimate of drug-likeness (QED) is 0.335. The Morgan fingerprint density at radius 3 is 1.26 bits per heavy atom. The maximum absolute atomic E-state index is 14.3. The highest BCUT2D eigenvalue weighted by atomic mass is 16.2. The van der Waals surface area contributed by atoms with E-state index in [-0.39, 0.29) is 55.9 Å². The summed E-state index contributed by atoms with van der Waals surface area (Å²) in [5.74, 6) is -2.95. The zero-order valence-electron chi connectivity index (χ0n) is 21.8. The van der Waals surface area contributed by atoms with Crippen molar-refractivity contribution in [2.75, 3.05) is 0 Å². The molecule has 0 atom stereocenters. The number of hydrogen-bond donors (Lipinski definition) is 0. The van der Waals surface area contributed by atoms with E-state index in [0.717, 1.165) is 9.80 Å². The first-order chi connectivity index (χ1) is 20.4. The third-order valence-corrected chi connectivity index (χ3v) is 6.98. The van der Waals surface area contributed by atoms with Crippen molar-refractivity contribution in [1.82, 2.24) is 9.80 Å². The Balaban J connectivity index is 1.67. The van der Waals surface area contributed by atoms with Crippen LogP contribution in [-0.4, -0.2) is 33.4 Å². The van der Waals surface area contributed by atoms with Crippen LogP contribution in [0, 0.1) is 22.7 Å². The molecule has 2 aliphatic heterocycles. The fourth-order valence-corrected chi connectivity index (χ4v) is 5.13. The summed E-state index contributed by atoms with van der Waals surface area (Å²) in [5.41, 5.74) is 1.16. The van der Waals surface area contributed by atoms with Crippen LogP contribution in [0.2, 0.25) is 0 Å². The number of nitriles is 2. The van der Waals surface area contributed by atoms with Gasteiger partial charge in [0, 0.05) is 22.3 Å². The van der Waals surface area contributed by atoms with Crippen molar-refractivity contribution in [3.63, 3.8) is 0 Å². The lowest BCUT2D eigenvalue weighted by Crippen LogP contribution is -2.36. The molecule has 6 rings (SSSR count). The molecular formula is C34H18N4O4. The van der Waals surface area contributed by atoms with Crippen molar-refractivity contribution in [2.24, 2.45) is 0 Å². The molecule has 2 heterocycles. The number of imide groups is 2. The second-order valence-corrected chi connectivity index (χ2v) is 9.46. The van der Waals surface area contributed by atoms with E-state index in [0.29, 0.717) is 0 Å². The monoisotopic (exact) mass is 546 g/mol. The van der Waals surface area contributed by atoms with Crippen molar-refractivity contribution in [3.05, 3.63) is 154 Å². The number of benzene rings is 4. The molecule has 2 aliphatic rings. The van der Waals surface area contributed by atoms with Crippen molar-refractivity contribution < 1.29 is 19.2 Å². The molecule has 4 aromatic carbocycles. The first-order valence-corrected chi connectivity index (χ1v) is 12.8. The molecule has 198 valence electrons. The highest BCUT2D eigenvalue weighted by Gasteiger charge is 2.52. The van der Waals surface area contributed by atoms with E-state index in [9.17, 15) is 29.7 Å². The summed E-state index contributed by atoms with van der Waals surface area (Å²) >= 11 is 0. The molecule has 4 aromatic rings. The maximum Gasteiger partial charge on any atom is 0.268 e. The standard InChI is InChI=1S/C34H18N4O4/c35-19-21-9-7-15-25(17-21)29-27-28(33(41)37(29)31(39)23-11-3-1-4-12-23)30(26-16-8-10-22(18-26)20-36)38(34(27)42)32(40)24-13-5-2-6-14-24/h1-18H. The molecule has 42 heavy (non-hydrogen) atoms. The van der Waals surface area contributed by atoms with Crippen LogP contribution in [0.4, 0.5) is 0 Å². The first-order valence-electron chi connectivity index (χ1n) is 12.8. The second-order valence-electron chi connectivity index (χ2n) is 9.46. The van der Waals surface area contributed by atoms with E-state index in [4.69, 9.17) is 0 Å². The molecule has 0 bridgehead atoms. The predicted molar refractivity (Wildman–Crippen MR) is 151 cm³/mol. The number of nitrogens with zero attached hydrogens (tertiary/aromatic N) is 4. The minimum Gasteiger partial charge on any atom is -0.268 e. The maximum atomic E-state index is 14.3. The Labute approximate surface area is 240 Å². The third-order valence-electron chi connectivity index (χ3n) is 6.98. The highest BCUT2D eigenvalue weighted by molar-refractivity contribution is 6.37. The number of rotatable bonds is 4. The molecule has 0 spiro atoms. The van der Waals surface area contributed by atoms with Gasteiger partial charge >= 0.3 is 0 Å². The Bertz CT molecular complexity index is 1830. The number of carbonyl (C=O) groups is 4. The van der Waals surface area contributed by atoms with Crippen LogP contribution in [0.15, 0.2) is 120 Å². The van der Waals surface area contributed by atoms with Gasteiger partial charge < -0.3 is 0 Å². The van der Waals surface area contributed by atoms with E-state index in [1.54, 1.807) is 97.1 Å². The Morgan fingerprint density at radius 1 is 0.524 bits per heavy atom. The van der Waals surface area contributed by atoms with Crippen LogP contribution in [0.1, 0.15) is 43.0 Å². The van der Waals surface area contributed by atoms with Gasteiger partial charge in [-0.2, -0.15) is 10.5 Å². The van der Waals surface area contributed by atoms with Gasteiger partial charge in [0.05, 0.1) is 45.8 Å². The number of hydrogen-bond acceptors (Lipinski definition) is 6. The zero-order valence-corrected chi connectivity index (χ0v) is 21.8. The number of amides is 4. The summed E-state index contributed by atoms with van der Waals surface area (Å²) in [6.07, 6.45) is 0. The molecule has 4 amide bonds. The lowest BCUT2D eigenvalue weighted by molar-refractivity contribution is -0.122. The van der Waals surface area contributed by atoms with Crippen LogP contribution in [-0.2, 0) is 9.59 Å². The summed E-state index contributed by atoms with van der Waals surface area (Å²) in [5, 5.41) is 19.1. The molecular weight excluding hydrogens is 528 g/mol. The second kappa shape index (κ2) is 10.3. The smallest absolute Gasteiger partial charge is 0.268 e. The van der Waals surface area contributed by atoms with Gasteiger partial charge in [0.1, 0.15) is 0 Å². The summed E-state index contributed by atoms with van der Waals surface area (Å²) in [6, 6.07) is 32.8. The summed E-state index contributed by atoms with van der Waals surface area (Å²) in [4.78, 5) is 58.2. The van der Waals surface area contributed by atoms with Crippen LogP contribution >= 0.6 is 0 Å². The Morgan fingerprint density at radius 2 is 0.905 bits per heavy atom. The van der Waals surface area contributed by atoms with Gasteiger partial charge in [-0.25, -0.2) is 9.80 Å². The lowest BCUT2D eigenvalue weighted by Gasteiger charge is -2.23. The largest absolute Gasteiger partial charge is 0.268 e. The van der Waals surface area contributed by atoms with Crippen molar-refractivity contribution in [3.8, 4) is 12.1 Å². The Kier molecular flexibility index (Phi) is 6.35. The lowest BCUT2D eigenvalue weighted by atomic mass is 10.0. The van der Waals surface area contributed by atoms with Gasteiger partial charge in [0.25, 0.3) is 23.6 Å². The summed E-state index contributed by atoms with van der Waals surface area (Å²) < 4.78 is 0. The molecule has 0 aromatic heterocycles. The van der Waals surface area contributed by atoms with Gasteiger partial charge in [-0.05, 0) is 48.5 Å². The van der Waals surface area contributed by atoms with Crippen LogP contribution < -0.4 is 0 Å². The first kappa shape index (κ1) is 25.9. The van der Waals surface area contributed by atoms with Crippen LogP contribution in [0.5, 0.6) is 0 Å². The van der Waals surface area contributed by atoms with E-state index >= 15 is 0 Å². The van der Waals surface area contributed by atoms with Gasteiger partial charge in [-0.3, -0.25) is 19.2 Å². The average Bonchev–Trinajstić information content (AvgIpc) is 3.52. The molecule has 0 saturated heterocycles. The minimum atomic E-state index is -0.801. The van der Waals surface area contributed by atoms with Gasteiger partial charge in [0.15, 0.2) is 0 Å². The van der Waals surface area contributed by atoms with Crippen LogP contribution in [0.3, 0.4) is 0 Å². The average molecular weight is 547 g/mol. The SMILES string of the molecule is N#Cc1cccc(C2=C3C(=O)N(C(=O)c4ccccc4)C(c4cccc(C#N)c4)=C3C(=O)N2C(=O)c2ccccc2)c1. The molecule has 0 N–H and O–H groups in total. The zero-order chi connectivity index (χ0) is 29.4. The molecule has 8 heteroatoms. The number of fused-ring (bicyclic) bond motifs is 1. The molecule has 0 saturated carbocycles. The predicted octanol–water partition coefficient (Wildman–Crippen LogP) is 4.92. The van der Waals surface area contributed by atoms with Gasteiger partial charge in [-0.15, -0.1) is 0 Å².